The van der Waals surface area contributed by atoms with Crippen molar-refractivity contribution in [1.82, 2.24) is 20.0 Å². The number of alkyl carbamates (subject to hydrolysis) is 1. The van der Waals surface area contributed by atoms with Crippen LogP contribution in [0.3, 0.4) is 0 Å². The molecule has 0 saturated heterocycles. The predicted octanol–water partition coefficient (Wildman–Crippen LogP) is 4.81. The number of carboxylic acids is 1. The van der Waals surface area contributed by atoms with Gasteiger partial charge in [-0.15, -0.1) is 0 Å². The summed E-state index contributed by atoms with van der Waals surface area (Å²) in [6.45, 7) is 20.3. The van der Waals surface area contributed by atoms with E-state index in [4.69, 9.17) is 23.7 Å². The Kier molecular flexibility index (Phi) is 21.4. The number of hydrogen-bond acceptors (Lipinski definition) is 14. The predicted molar refractivity (Wildman–Crippen MR) is 218 cm³/mol. The number of carbonyl (C=O) groups is 6. The van der Waals surface area contributed by atoms with Crippen molar-refractivity contribution in [2.24, 2.45) is 0 Å². The highest BCUT2D eigenvalue weighted by Gasteiger charge is 2.33. The summed E-state index contributed by atoms with van der Waals surface area (Å²) in [4.78, 5) is 81.8. The number of esters is 4. The lowest BCUT2D eigenvalue weighted by molar-refractivity contribution is -0.166. The Morgan fingerprint density at radius 3 is 1.55 bits per heavy atom. The van der Waals surface area contributed by atoms with Gasteiger partial charge >= 0.3 is 35.9 Å². The minimum absolute atomic E-state index is 0.0542. The second kappa shape index (κ2) is 24.0. The molecule has 1 rings (SSSR count). The number of carboxylic acid groups (broad SMARTS) is 1. The van der Waals surface area contributed by atoms with Crippen molar-refractivity contribution in [2.75, 3.05) is 58.9 Å². The summed E-state index contributed by atoms with van der Waals surface area (Å²) in [6, 6.07) is 8.34. The first-order valence-corrected chi connectivity index (χ1v) is 19.8. The number of nitrogens with zero attached hydrogens (tertiary/aromatic N) is 3. The van der Waals surface area contributed by atoms with Crippen LogP contribution in [0.2, 0.25) is 0 Å². The van der Waals surface area contributed by atoms with Crippen molar-refractivity contribution in [2.45, 2.75) is 137 Å². The summed E-state index contributed by atoms with van der Waals surface area (Å²) in [5, 5.41) is 12.6. The van der Waals surface area contributed by atoms with E-state index in [1.807, 2.05) is 30.3 Å². The lowest BCUT2D eigenvalue weighted by Crippen LogP contribution is -2.51. The molecule has 16 heteroatoms. The van der Waals surface area contributed by atoms with Crippen molar-refractivity contribution >= 4 is 35.9 Å². The molecule has 16 nitrogen and oxygen atoms in total. The van der Waals surface area contributed by atoms with E-state index in [0.29, 0.717) is 12.8 Å². The van der Waals surface area contributed by atoms with Crippen molar-refractivity contribution < 1.29 is 57.6 Å². The van der Waals surface area contributed by atoms with Gasteiger partial charge in [-0.05, 0) is 108 Å². The molecule has 0 bridgehead atoms. The molecule has 0 fully saturated rings. The van der Waals surface area contributed by atoms with E-state index in [-0.39, 0.29) is 65.4 Å². The van der Waals surface area contributed by atoms with Crippen LogP contribution in [0, 0.1) is 0 Å². The van der Waals surface area contributed by atoms with E-state index in [9.17, 15) is 33.9 Å². The number of carbonyl (C=O) groups excluding carboxylic acids is 5. The number of hydrogen-bond donors (Lipinski definition) is 2. The molecule has 58 heavy (non-hydrogen) atoms. The lowest BCUT2D eigenvalue weighted by Gasteiger charge is -2.34. The largest absolute Gasteiger partial charge is 0.480 e. The van der Waals surface area contributed by atoms with Gasteiger partial charge in [-0.3, -0.25) is 38.7 Å². The highest BCUT2D eigenvalue weighted by Crippen LogP contribution is 2.18. The zero-order chi connectivity index (χ0) is 44.3. The topological polar surface area (TPSA) is 191 Å². The van der Waals surface area contributed by atoms with Crippen molar-refractivity contribution in [3.8, 4) is 0 Å². The van der Waals surface area contributed by atoms with Crippen molar-refractivity contribution in [3.63, 3.8) is 0 Å². The minimum Gasteiger partial charge on any atom is -0.480 e. The van der Waals surface area contributed by atoms with Crippen LogP contribution < -0.4 is 5.32 Å². The second-order valence-corrected chi connectivity index (χ2v) is 18.1. The summed E-state index contributed by atoms with van der Waals surface area (Å²) >= 11 is 0. The summed E-state index contributed by atoms with van der Waals surface area (Å²) in [6.07, 6.45) is 0.609. The number of benzene rings is 1. The average Bonchev–Trinajstić information content (AvgIpc) is 3.02. The number of unbranched alkanes of at least 4 members (excludes halogenated alkanes) is 1. The molecule has 0 aliphatic heterocycles. The van der Waals surface area contributed by atoms with E-state index in [2.05, 4.69) is 5.32 Å². The monoisotopic (exact) mass is 822 g/mol. The number of amides is 1. The maximum Gasteiger partial charge on any atom is 0.407 e. The van der Waals surface area contributed by atoms with Crippen LogP contribution in [0.5, 0.6) is 0 Å². The van der Waals surface area contributed by atoms with Crippen LogP contribution in [0.15, 0.2) is 30.3 Å². The summed E-state index contributed by atoms with van der Waals surface area (Å²) in [5.41, 5.74) is -2.35. The Labute approximate surface area is 345 Å². The van der Waals surface area contributed by atoms with E-state index in [1.54, 1.807) is 92.9 Å². The summed E-state index contributed by atoms with van der Waals surface area (Å²) in [7, 11) is 0. The van der Waals surface area contributed by atoms with Gasteiger partial charge in [0.05, 0.1) is 26.2 Å². The second-order valence-electron chi connectivity index (χ2n) is 18.1. The average molecular weight is 823 g/mol. The van der Waals surface area contributed by atoms with Gasteiger partial charge in [-0.25, -0.2) is 4.79 Å². The van der Waals surface area contributed by atoms with Gasteiger partial charge in [0.15, 0.2) is 0 Å². The highest BCUT2D eigenvalue weighted by atomic mass is 16.6. The van der Waals surface area contributed by atoms with E-state index in [1.165, 1.54) is 4.90 Å². The maximum absolute atomic E-state index is 13.8. The molecule has 0 heterocycles. The molecule has 0 saturated carbocycles. The van der Waals surface area contributed by atoms with Gasteiger partial charge in [-0.2, -0.15) is 0 Å². The van der Waals surface area contributed by atoms with Crippen LogP contribution in [-0.4, -0.2) is 143 Å². The standard InChI is InChI=1S/C42H70N4O12/c1-39(2,3)55-34(49)27-45(28-35(50)56-40(4,5)6)23-22-44(26-33(47)48)24-25-46(29-36(51)57-41(7,8)9)32(37(52)58-42(10,11)12)20-16-17-21-43-38(53)54-30-31-18-14-13-15-19-31/h13-15,18-19,32H,16-17,20-30H2,1-12H3,(H,43,53)(H,47,48). The van der Waals surface area contributed by atoms with Crippen LogP contribution in [0.4, 0.5) is 4.79 Å². The molecule has 2 N–H and O–H groups in total. The maximum atomic E-state index is 13.8. The number of nitrogens with one attached hydrogen (secondary N) is 1. The van der Waals surface area contributed by atoms with Crippen LogP contribution in [-0.2, 0) is 54.3 Å². The highest BCUT2D eigenvalue weighted by molar-refractivity contribution is 5.78. The lowest BCUT2D eigenvalue weighted by atomic mass is 10.1. The molecular weight excluding hydrogens is 752 g/mol. The first kappa shape index (κ1) is 51.7. The Morgan fingerprint density at radius 1 is 0.603 bits per heavy atom. The van der Waals surface area contributed by atoms with Crippen LogP contribution in [0.1, 0.15) is 108 Å². The Balaban J connectivity index is 3.25. The van der Waals surface area contributed by atoms with Gasteiger partial charge in [0, 0.05) is 32.7 Å². The van der Waals surface area contributed by atoms with Crippen molar-refractivity contribution in [1.29, 1.82) is 0 Å². The third-order valence-electron chi connectivity index (χ3n) is 7.60. The summed E-state index contributed by atoms with van der Waals surface area (Å²) < 4.78 is 27.7. The fraction of sp³-hybridized carbons (Fsp3) is 0.714. The molecule has 1 unspecified atom stereocenters. The molecule has 0 radical (unpaired) electrons. The molecular formula is C42H70N4O12. The van der Waals surface area contributed by atoms with E-state index < -0.39 is 70.9 Å². The zero-order valence-corrected chi connectivity index (χ0v) is 36.9. The Morgan fingerprint density at radius 2 is 1.07 bits per heavy atom. The zero-order valence-electron chi connectivity index (χ0n) is 36.9. The first-order chi connectivity index (χ1) is 26.6. The fourth-order valence-electron chi connectivity index (χ4n) is 5.47. The Bertz CT molecular complexity index is 1430. The van der Waals surface area contributed by atoms with Gasteiger partial charge in [0.2, 0.25) is 0 Å². The smallest absolute Gasteiger partial charge is 0.407 e. The molecule has 0 aromatic heterocycles. The van der Waals surface area contributed by atoms with Gasteiger partial charge in [0.25, 0.3) is 0 Å². The quantitative estimate of drug-likeness (QED) is 0.0868. The molecule has 1 aromatic rings. The third kappa shape index (κ3) is 26.6. The van der Waals surface area contributed by atoms with Gasteiger partial charge in [-0.1, -0.05) is 30.3 Å². The molecule has 1 atom stereocenters. The SMILES string of the molecule is CC(C)(C)OC(=O)CN(CCN(CCN(CC(=O)OC(C)(C)C)C(CCCCNC(=O)OCc1ccccc1)C(=O)OC(C)(C)C)CC(=O)O)CC(=O)OC(C)(C)C. The van der Waals surface area contributed by atoms with Crippen LogP contribution in [0.25, 0.3) is 0 Å². The number of aliphatic carboxylic acids is 1. The first-order valence-electron chi connectivity index (χ1n) is 19.8. The molecule has 0 spiro atoms. The van der Waals surface area contributed by atoms with Crippen molar-refractivity contribution in [3.05, 3.63) is 35.9 Å². The molecule has 0 aliphatic rings. The summed E-state index contributed by atoms with van der Waals surface area (Å²) in [5.74, 6) is -3.41. The van der Waals surface area contributed by atoms with Crippen LogP contribution >= 0.6 is 0 Å². The van der Waals surface area contributed by atoms with Gasteiger partial charge in [0.1, 0.15) is 35.1 Å². The number of ether oxygens (including phenoxy) is 5. The molecule has 0 aliphatic carbocycles. The van der Waals surface area contributed by atoms with E-state index in [0.717, 1.165) is 5.56 Å². The molecule has 330 valence electrons. The molecule has 1 amide bonds. The van der Waals surface area contributed by atoms with Gasteiger partial charge < -0.3 is 34.1 Å². The number of rotatable bonds is 23. The minimum atomic E-state index is -1.12. The Hall–Kier alpha value is -4.28. The third-order valence-corrected chi connectivity index (χ3v) is 7.60. The molecule has 1 aromatic carbocycles. The normalized spacial score (nSPS) is 12.9. The fourth-order valence-corrected chi connectivity index (χ4v) is 5.47. The van der Waals surface area contributed by atoms with E-state index >= 15 is 0 Å².